The number of alkyl halides is 3. The average molecular weight is 358 g/mol. The molecule has 1 amide bonds. The molecular weight excluding hydrogens is 345 g/mol. The van der Waals surface area contributed by atoms with Crippen LogP contribution in [0.25, 0.3) is 5.65 Å². The van der Waals surface area contributed by atoms with Gasteiger partial charge in [0.15, 0.2) is 5.69 Å². The van der Waals surface area contributed by atoms with E-state index in [9.17, 15) is 27.6 Å². The Morgan fingerprint density at radius 3 is 2.52 bits per heavy atom. The molecule has 1 aliphatic heterocycles. The molecule has 8 nitrogen and oxygen atoms in total. The molecule has 0 unspecified atom stereocenters. The standard InChI is InChI=1S/C14H13F3N4O4/c1-6(2)19-4-7-11(13(19)25)20(5-10(22)23)9-3-8(14(15,16)17)18-21(9)12(7)24/h3,6H,4-5H2,1-2H3,(H,22,23). The van der Waals surface area contributed by atoms with Crippen LogP contribution >= 0.6 is 0 Å². The first kappa shape index (κ1) is 17.0. The molecule has 0 spiro atoms. The minimum absolute atomic E-state index is 0.0655. The van der Waals surface area contributed by atoms with Crippen LogP contribution in [0.4, 0.5) is 13.2 Å². The first-order valence-electron chi connectivity index (χ1n) is 7.27. The van der Waals surface area contributed by atoms with Crippen LogP contribution in [0.1, 0.15) is 35.6 Å². The van der Waals surface area contributed by atoms with Crippen molar-refractivity contribution in [2.75, 3.05) is 0 Å². The minimum atomic E-state index is -4.81. The first-order valence-corrected chi connectivity index (χ1v) is 7.27. The second kappa shape index (κ2) is 5.33. The van der Waals surface area contributed by atoms with Crippen molar-refractivity contribution in [1.29, 1.82) is 0 Å². The molecule has 0 saturated carbocycles. The Morgan fingerprint density at radius 1 is 1.36 bits per heavy atom. The van der Waals surface area contributed by atoms with Crippen LogP contribution in [0.15, 0.2) is 10.9 Å². The fourth-order valence-corrected chi connectivity index (χ4v) is 2.84. The van der Waals surface area contributed by atoms with Crippen LogP contribution in [0.3, 0.4) is 0 Å². The SMILES string of the molecule is CC(C)N1Cc2c(n(CC(=O)O)c3cc(C(F)(F)F)nn3c2=O)C1=O. The molecule has 0 atom stereocenters. The van der Waals surface area contributed by atoms with Gasteiger partial charge in [-0.2, -0.15) is 22.8 Å². The van der Waals surface area contributed by atoms with Crippen molar-refractivity contribution in [2.45, 2.75) is 39.2 Å². The van der Waals surface area contributed by atoms with E-state index in [1.165, 1.54) is 4.90 Å². The van der Waals surface area contributed by atoms with Crippen molar-refractivity contribution in [3.05, 3.63) is 33.4 Å². The van der Waals surface area contributed by atoms with Crippen molar-refractivity contribution in [3.8, 4) is 0 Å². The quantitative estimate of drug-likeness (QED) is 0.882. The minimum Gasteiger partial charge on any atom is -0.480 e. The molecule has 2 aromatic heterocycles. The zero-order valence-electron chi connectivity index (χ0n) is 13.2. The average Bonchev–Trinajstić information content (AvgIpc) is 3.05. The number of fused-ring (bicyclic) bond motifs is 2. The molecule has 0 aromatic carbocycles. The highest BCUT2D eigenvalue weighted by Crippen LogP contribution is 2.30. The number of carboxylic acids is 1. The Hall–Kier alpha value is -2.85. The van der Waals surface area contributed by atoms with E-state index in [4.69, 9.17) is 5.11 Å². The van der Waals surface area contributed by atoms with E-state index in [0.29, 0.717) is 10.6 Å². The number of hydrogen-bond donors (Lipinski definition) is 1. The number of carbonyl (C=O) groups excluding carboxylic acids is 1. The highest BCUT2D eigenvalue weighted by atomic mass is 19.4. The Kier molecular flexibility index (Phi) is 3.62. The van der Waals surface area contributed by atoms with Crippen molar-refractivity contribution < 1.29 is 27.9 Å². The summed E-state index contributed by atoms with van der Waals surface area (Å²) in [5.74, 6) is -1.96. The molecule has 0 radical (unpaired) electrons. The molecule has 2 aromatic rings. The third kappa shape index (κ3) is 2.55. The van der Waals surface area contributed by atoms with Crippen molar-refractivity contribution >= 4 is 17.5 Å². The lowest BCUT2D eigenvalue weighted by Gasteiger charge is -2.19. The molecule has 0 aliphatic carbocycles. The lowest BCUT2D eigenvalue weighted by molar-refractivity contribution is -0.141. The molecule has 134 valence electrons. The van der Waals surface area contributed by atoms with Gasteiger partial charge in [0, 0.05) is 12.1 Å². The molecule has 0 fully saturated rings. The number of rotatable bonds is 3. The van der Waals surface area contributed by atoms with Crippen LogP contribution in [0, 0.1) is 0 Å². The summed E-state index contributed by atoms with van der Waals surface area (Å²) in [5.41, 5.74) is -2.86. The normalized spacial score (nSPS) is 14.6. The summed E-state index contributed by atoms with van der Waals surface area (Å²) in [6.45, 7) is 2.54. The van der Waals surface area contributed by atoms with Gasteiger partial charge in [0.1, 0.15) is 17.9 Å². The number of nitrogens with zero attached hydrogens (tertiary/aromatic N) is 4. The van der Waals surface area contributed by atoms with Crippen LogP contribution in [0.2, 0.25) is 0 Å². The van der Waals surface area contributed by atoms with Crippen molar-refractivity contribution in [1.82, 2.24) is 19.1 Å². The number of amides is 1. The predicted octanol–water partition coefficient (Wildman–Crippen LogP) is 0.964. The Morgan fingerprint density at radius 2 is 2.00 bits per heavy atom. The van der Waals surface area contributed by atoms with Gasteiger partial charge in [-0.05, 0) is 13.8 Å². The number of aromatic nitrogens is 3. The maximum absolute atomic E-state index is 12.9. The first-order chi connectivity index (χ1) is 11.5. The summed E-state index contributed by atoms with van der Waals surface area (Å²) in [4.78, 5) is 37.6. The molecule has 11 heteroatoms. The molecule has 0 saturated heterocycles. The smallest absolute Gasteiger partial charge is 0.435 e. The third-order valence-corrected chi connectivity index (χ3v) is 3.97. The van der Waals surface area contributed by atoms with Gasteiger partial charge in [-0.15, -0.1) is 0 Å². The van der Waals surface area contributed by atoms with Crippen molar-refractivity contribution in [3.63, 3.8) is 0 Å². The van der Waals surface area contributed by atoms with Gasteiger partial charge >= 0.3 is 12.1 Å². The number of aliphatic carboxylic acids is 1. The van der Waals surface area contributed by atoms with Gasteiger partial charge in [-0.25, -0.2) is 0 Å². The summed E-state index contributed by atoms with van der Waals surface area (Å²) in [6, 6.07) is 0.297. The fourth-order valence-electron chi connectivity index (χ4n) is 2.84. The maximum atomic E-state index is 12.9. The van der Waals surface area contributed by atoms with Gasteiger partial charge < -0.3 is 14.6 Å². The van der Waals surface area contributed by atoms with E-state index < -0.39 is 41.5 Å². The molecule has 1 N–H and O–H groups in total. The monoisotopic (exact) mass is 358 g/mol. The summed E-state index contributed by atoms with van der Waals surface area (Å²) >= 11 is 0. The zero-order chi connectivity index (χ0) is 18.7. The number of halogens is 3. The fraction of sp³-hybridized carbons (Fsp3) is 0.429. The second-order valence-electron chi connectivity index (χ2n) is 5.94. The molecule has 25 heavy (non-hydrogen) atoms. The van der Waals surface area contributed by atoms with Crippen LogP contribution in [-0.4, -0.2) is 42.1 Å². The number of carboxylic acid groups (broad SMARTS) is 1. The molecule has 1 aliphatic rings. The van der Waals surface area contributed by atoms with Gasteiger partial charge in [-0.3, -0.25) is 14.4 Å². The van der Waals surface area contributed by atoms with Crippen LogP contribution in [-0.2, 0) is 24.1 Å². The van der Waals surface area contributed by atoms with Gasteiger partial charge in [0.05, 0.1) is 12.1 Å². The highest BCUT2D eigenvalue weighted by Gasteiger charge is 2.39. The predicted molar refractivity (Wildman–Crippen MR) is 77.1 cm³/mol. The van der Waals surface area contributed by atoms with E-state index in [1.54, 1.807) is 13.8 Å². The lowest BCUT2D eigenvalue weighted by atomic mass is 10.2. The van der Waals surface area contributed by atoms with Gasteiger partial charge in [0.2, 0.25) is 0 Å². The lowest BCUT2D eigenvalue weighted by Crippen LogP contribution is -2.32. The van der Waals surface area contributed by atoms with E-state index >= 15 is 0 Å². The van der Waals surface area contributed by atoms with Crippen LogP contribution in [0.5, 0.6) is 0 Å². The van der Waals surface area contributed by atoms with E-state index in [2.05, 4.69) is 5.10 Å². The summed E-state index contributed by atoms with van der Waals surface area (Å²) in [7, 11) is 0. The van der Waals surface area contributed by atoms with Crippen molar-refractivity contribution in [2.24, 2.45) is 0 Å². The number of carbonyl (C=O) groups is 2. The van der Waals surface area contributed by atoms with E-state index in [-0.39, 0.29) is 23.8 Å². The molecular formula is C14H13F3N4O4. The maximum Gasteiger partial charge on any atom is 0.435 e. The van der Waals surface area contributed by atoms with E-state index in [0.717, 1.165) is 4.57 Å². The summed E-state index contributed by atoms with van der Waals surface area (Å²) < 4.78 is 40.1. The Balaban J connectivity index is 2.36. The van der Waals surface area contributed by atoms with Gasteiger partial charge in [-0.1, -0.05) is 0 Å². The van der Waals surface area contributed by atoms with E-state index in [1.807, 2.05) is 0 Å². The van der Waals surface area contributed by atoms with Gasteiger partial charge in [0.25, 0.3) is 11.5 Å². The Bertz CT molecular complexity index is 958. The third-order valence-electron chi connectivity index (χ3n) is 3.97. The van der Waals surface area contributed by atoms with Crippen LogP contribution < -0.4 is 5.56 Å². The molecule has 3 heterocycles. The largest absolute Gasteiger partial charge is 0.480 e. The summed E-state index contributed by atoms with van der Waals surface area (Å²) in [6.07, 6.45) is -4.81. The summed E-state index contributed by atoms with van der Waals surface area (Å²) in [5, 5.41) is 12.3. The zero-order valence-corrected chi connectivity index (χ0v) is 13.2. The molecule has 3 rings (SSSR count). The number of hydrogen-bond acceptors (Lipinski definition) is 4. The Labute approximate surface area is 138 Å². The second-order valence-corrected chi connectivity index (χ2v) is 5.94. The highest BCUT2D eigenvalue weighted by molar-refractivity contribution is 5.97. The molecule has 0 bridgehead atoms. The topological polar surface area (TPSA) is 96.9 Å².